The van der Waals surface area contributed by atoms with E-state index < -0.39 is 0 Å². The second-order valence-corrected chi connectivity index (χ2v) is 12.5. The Morgan fingerprint density at radius 3 is 2.51 bits per heavy atom. The number of likely N-dealkylation sites (tertiary alicyclic amines) is 1. The molecular formula is C34H51N5. The van der Waals surface area contributed by atoms with Crippen LogP contribution in [0.5, 0.6) is 0 Å². The molecule has 1 heterocycles. The number of aliphatic imine (C=N–C) groups is 1. The van der Waals surface area contributed by atoms with Crippen molar-refractivity contribution >= 4 is 6.72 Å². The lowest BCUT2D eigenvalue weighted by Gasteiger charge is -2.42. The van der Waals surface area contributed by atoms with Gasteiger partial charge in [-0.3, -0.25) is 4.99 Å². The molecular weight excluding hydrogens is 478 g/mol. The van der Waals surface area contributed by atoms with Gasteiger partial charge < -0.3 is 21.3 Å². The third-order valence-corrected chi connectivity index (χ3v) is 9.77. The van der Waals surface area contributed by atoms with Crippen molar-refractivity contribution in [3.63, 3.8) is 0 Å². The van der Waals surface area contributed by atoms with Gasteiger partial charge in [-0.1, -0.05) is 49.6 Å². The lowest BCUT2D eigenvalue weighted by atomic mass is 9.71. The smallest absolute Gasteiger partial charge is 0.126 e. The highest BCUT2D eigenvalue weighted by Crippen LogP contribution is 2.38. The van der Waals surface area contributed by atoms with Crippen molar-refractivity contribution in [3.05, 3.63) is 70.9 Å². The summed E-state index contributed by atoms with van der Waals surface area (Å²) in [5.74, 6) is 1.44. The number of rotatable bonds is 10. The summed E-state index contributed by atoms with van der Waals surface area (Å²) in [6, 6.07) is 0.237. The molecule has 5 nitrogen and oxygen atoms in total. The van der Waals surface area contributed by atoms with Gasteiger partial charge in [0.05, 0.1) is 6.04 Å². The van der Waals surface area contributed by atoms with Crippen LogP contribution in [0.25, 0.3) is 0 Å². The number of nitrogens with zero attached hydrogens (tertiary/aromatic N) is 3. The molecule has 0 spiro atoms. The summed E-state index contributed by atoms with van der Waals surface area (Å²) >= 11 is 0. The standard InChI is InChI=1S/C34H51N5/c1-37-32(16-9-14-27-13-8-15-31(25-27)38-23-6-3-7-24-38)33(35)39(26-28-11-4-2-5-12-28)30-19-17-29(18-20-30)34(36)21-10-22-34/h9,13,16-19,25,28,30H,1-8,10-12,14-15,20-24,26,35-36H2/b16-9-,33-32-. The highest BCUT2D eigenvalue weighted by atomic mass is 15.2. The van der Waals surface area contributed by atoms with E-state index in [4.69, 9.17) is 11.5 Å². The highest BCUT2D eigenvalue weighted by molar-refractivity contribution is 5.39. The lowest BCUT2D eigenvalue weighted by Crippen LogP contribution is -2.49. The van der Waals surface area contributed by atoms with Crippen LogP contribution in [0, 0.1) is 5.92 Å². The fourth-order valence-electron chi connectivity index (χ4n) is 7.11. The Morgan fingerprint density at radius 1 is 1.08 bits per heavy atom. The van der Waals surface area contributed by atoms with Gasteiger partial charge in [-0.25, -0.2) is 0 Å². The van der Waals surface area contributed by atoms with Crippen LogP contribution in [-0.2, 0) is 0 Å². The van der Waals surface area contributed by atoms with Gasteiger partial charge in [0.2, 0.25) is 0 Å². The van der Waals surface area contributed by atoms with Crippen molar-refractivity contribution in [2.24, 2.45) is 22.4 Å². The average molecular weight is 530 g/mol. The first kappa shape index (κ1) is 28.0. The average Bonchev–Trinajstić information content (AvgIpc) is 2.98. The Hall–Kier alpha value is -2.53. The monoisotopic (exact) mass is 529 g/mol. The van der Waals surface area contributed by atoms with E-state index in [0.717, 1.165) is 50.2 Å². The van der Waals surface area contributed by atoms with Gasteiger partial charge in [0, 0.05) is 30.9 Å². The molecule has 5 rings (SSSR count). The minimum Gasteiger partial charge on any atom is -0.384 e. The summed E-state index contributed by atoms with van der Waals surface area (Å²) in [6.45, 7) is 7.33. The zero-order valence-corrected chi connectivity index (χ0v) is 24.1. The Bertz CT molecular complexity index is 1040. The van der Waals surface area contributed by atoms with Gasteiger partial charge in [0.1, 0.15) is 11.5 Å². The molecule has 0 aromatic heterocycles. The predicted octanol–water partition coefficient (Wildman–Crippen LogP) is 6.87. The van der Waals surface area contributed by atoms with Crippen molar-refractivity contribution in [1.82, 2.24) is 9.80 Å². The fourth-order valence-corrected chi connectivity index (χ4v) is 7.11. The SMILES string of the molecule is C=NC(/C=C\CC1=CCCC(N2CCCCC2)=C1)=C(/N)N(CC1CCCCC1)C1C=CC(C2(N)CCC2)=CC1. The molecule has 0 aromatic rings. The number of hydrogen-bond acceptors (Lipinski definition) is 5. The van der Waals surface area contributed by atoms with E-state index in [2.05, 4.69) is 64.0 Å². The largest absolute Gasteiger partial charge is 0.384 e. The number of allylic oxidation sites excluding steroid dienone is 6. The maximum Gasteiger partial charge on any atom is 0.126 e. The molecule has 2 saturated carbocycles. The van der Waals surface area contributed by atoms with E-state index in [0.29, 0.717) is 5.92 Å². The van der Waals surface area contributed by atoms with E-state index in [-0.39, 0.29) is 11.6 Å². The van der Waals surface area contributed by atoms with Crippen LogP contribution in [0.4, 0.5) is 0 Å². The molecule has 0 amide bonds. The van der Waals surface area contributed by atoms with Crippen LogP contribution >= 0.6 is 0 Å². The van der Waals surface area contributed by atoms with E-state index in [1.165, 1.54) is 94.1 Å². The molecule has 0 bridgehead atoms. The summed E-state index contributed by atoms with van der Waals surface area (Å²) in [6.07, 6.45) is 34.3. The van der Waals surface area contributed by atoms with Gasteiger partial charge in [-0.05, 0) is 113 Å². The molecule has 1 unspecified atom stereocenters. The zero-order chi connectivity index (χ0) is 27.1. The van der Waals surface area contributed by atoms with Gasteiger partial charge in [-0.2, -0.15) is 0 Å². The topological polar surface area (TPSA) is 70.9 Å². The van der Waals surface area contributed by atoms with Crippen molar-refractivity contribution in [2.75, 3.05) is 19.6 Å². The van der Waals surface area contributed by atoms with Gasteiger partial charge >= 0.3 is 0 Å². The fraction of sp³-hybridized carbons (Fsp3) is 0.618. The second-order valence-electron chi connectivity index (χ2n) is 12.5. The van der Waals surface area contributed by atoms with Crippen LogP contribution in [0.15, 0.2) is 75.9 Å². The molecule has 39 heavy (non-hydrogen) atoms. The number of hydrogen-bond donors (Lipinski definition) is 2. The summed E-state index contributed by atoms with van der Waals surface area (Å²) in [5, 5.41) is 0. The molecule has 5 heteroatoms. The van der Waals surface area contributed by atoms with Crippen LogP contribution in [0.3, 0.4) is 0 Å². The van der Waals surface area contributed by atoms with Gasteiger partial charge in [0.25, 0.3) is 0 Å². The van der Waals surface area contributed by atoms with Gasteiger partial charge in [0.15, 0.2) is 0 Å². The van der Waals surface area contributed by atoms with E-state index in [1.54, 1.807) is 0 Å². The predicted molar refractivity (Wildman–Crippen MR) is 165 cm³/mol. The molecule has 212 valence electrons. The maximum absolute atomic E-state index is 6.93. The van der Waals surface area contributed by atoms with Crippen molar-refractivity contribution in [1.29, 1.82) is 0 Å². The van der Waals surface area contributed by atoms with Crippen LogP contribution in [-0.4, -0.2) is 47.7 Å². The number of nitrogens with two attached hydrogens (primary N) is 2. The molecule has 3 fully saturated rings. The summed E-state index contributed by atoms with van der Waals surface area (Å²) in [4.78, 5) is 9.43. The molecule has 1 aliphatic heterocycles. The molecule has 4 aliphatic carbocycles. The summed E-state index contributed by atoms with van der Waals surface area (Å²) in [5.41, 5.74) is 18.5. The number of piperidine rings is 1. The van der Waals surface area contributed by atoms with E-state index in [1.807, 2.05) is 0 Å². The Balaban J connectivity index is 1.29. The van der Waals surface area contributed by atoms with Crippen LogP contribution in [0.1, 0.15) is 96.3 Å². The third-order valence-electron chi connectivity index (χ3n) is 9.77. The minimum atomic E-state index is -0.107. The lowest BCUT2D eigenvalue weighted by molar-refractivity contribution is 0.207. The maximum atomic E-state index is 6.93. The summed E-state index contributed by atoms with van der Waals surface area (Å²) < 4.78 is 0. The van der Waals surface area contributed by atoms with Crippen molar-refractivity contribution in [3.8, 4) is 0 Å². The van der Waals surface area contributed by atoms with Crippen LogP contribution in [0.2, 0.25) is 0 Å². The van der Waals surface area contributed by atoms with E-state index in [9.17, 15) is 0 Å². The third kappa shape index (κ3) is 6.98. The Kier molecular flexibility index (Phi) is 9.49. The molecule has 0 aromatic carbocycles. The minimum absolute atomic E-state index is 0.107. The molecule has 1 saturated heterocycles. The second kappa shape index (κ2) is 13.2. The Morgan fingerprint density at radius 2 is 1.85 bits per heavy atom. The summed E-state index contributed by atoms with van der Waals surface area (Å²) in [7, 11) is 0. The van der Waals surface area contributed by atoms with Crippen molar-refractivity contribution in [2.45, 2.75) is 108 Å². The molecule has 1 atom stereocenters. The first-order valence-electron chi connectivity index (χ1n) is 15.8. The normalized spacial score (nSPS) is 26.3. The molecule has 5 aliphatic rings. The zero-order valence-electron chi connectivity index (χ0n) is 24.1. The highest BCUT2D eigenvalue weighted by Gasteiger charge is 2.36. The molecule has 0 radical (unpaired) electrons. The first-order valence-corrected chi connectivity index (χ1v) is 15.8. The molecule has 4 N–H and O–H groups in total. The van der Waals surface area contributed by atoms with Crippen LogP contribution < -0.4 is 11.5 Å². The Labute approximate surface area is 237 Å². The van der Waals surface area contributed by atoms with E-state index >= 15 is 0 Å². The quantitative estimate of drug-likeness (QED) is 0.239. The van der Waals surface area contributed by atoms with Gasteiger partial charge in [-0.15, -0.1) is 0 Å². The van der Waals surface area contributed by atoms with Crippen molar-refractivity contribution < 1.29 is 0 Å². The first-order chi connectivity index (χ1) is 19.1.